The van der Waals surface area contributed by atoms with E-state index in [9.17, 15) is 4.79 Å². The van der Waals surface area contributed by atoms with Gasteiger partial charge >= 0.3 is 0 Å². The number of hydrogen-bond acceptors (Lipinski definition) is 3. The number of halogens is 1. The second-order valence-corrected chi connectivity index (χ2v) is 6.66. The van der Waals surface area contributed by atoms with E-state index < -0.39 is 0 Å². The van der Waals surface area contributed by atoms with Crippen molar-refractivity contribution in [1.82, 2.24) is 10.2 Å². The second-order valence-electron chi connectivity index (χ2n) is 6.22. The maximum Gasteiger partial charge on any atom is 0.258 e. The summed E-state index contributed by atoms with van der Waals surface area (Å²) in [7, 11) is 0. The molecule has 0 radical (unpaired) electrons. The molecule has 0 aromatic heterocycles. The van der Waals surface area contributed by atoms with Crippen molar-refractivity contribution >= 4 is 17.5 Å². The molecule has 132 valence electrons. The molecule has 1 atom stereocenters. The minimum absolute atomic E-state index is 0.0201. The molecule has 25 heavy (non-hydrogen) atoms. The summed E-state index contributed by atoms with van der Waals surface area (Å²) in [6, 6.07) is 17.4. The SMILES string of the molecule is O=C(COc1ccccc1)NCC(c1cccc(Cl)c1)N1CCCC1. The summed E-state index contributed by atoms with van der Waals surface area (Å²) >= 11 is 6.15. The minimum atomic E-state index is -0.116. The molecule has 5 heteroatoms. The van der Waals surface area contributed by atoms with Crippen LogP contribution in [0, 0.1) is 0 Å². The lowest BCUT2D eigenvalue weighted by Crippen LogP contribution is -2.38. The Balaban J connectivity index is 1.57. The molecule has 1 fully saturated rings. The van der Waals surface area contributed by atoms with Gasteiger partial charge in [-0.3, -0.25) is 9.69 Å². The fourth-order valence-corrected chi connectivity index (χ4v) is 3.35. The van der Waals surface area contributed by atoms with Gasteiger partial charge in [-0.25, -0.2) is 0 Å². The molecule has 2 aromatic carbocycles. The van der Waals surface area contributed by atoms with Crippen molar-refractivity contribution in [2.24, 2.45) is 0 Å². The lowest BCUT2D eigenvalue weighted by molar-refractivity contribution is -0.123. The number of nitrogens with one attached hydrogen (secondary N) is 1. The van der Waals surface area contributed by atoms with Gasteiger partial charge in [0.05, 0.1) is 6.04 Å². The summed E-state index contributed by atoms with van der Waals surface area (Å²) in [4.78, 5) is 14.6. The van der Waals surface area contributed by atoms with Crippen molar-refractivity contribution in [1.29, 1.82) is 0 Å². The van der Waals surface area contributed by atoms with Crippen molar-refractivity contribution in [2.75, 3.05) is 26.2 Å². The Labute approximate surface area is 153 Å². The van der Waals surface area contributed by atoms with E-state index in [-0.39, 0.29) is 18.6 Å². The van der Waals surface area contributed by atoms with Crippen LogP contribution in [0.3, 0.4) is 0 Å². The normalized spacial score (nSPS) is 15.7. The Morgan fingerprint density at radius 1 is 1.12 bits per heavy atom. The number of likely N-dealkylation sites (tertiary alicyclic amines) is 1. The zero-order valence-corrected chi connectivity index (χ0v) is 14.9. The first-order valence-electron chi connectivity index (χ1n) is 8.66. The van der Waals surface area contributed by atoms with Crippen LogP contribution in [0.5, 0.6) is 5.75 Å². The number of carbonyl (C=O) groups is 1. The number of nitrogens with zero attached hydrogens (tertiary/aromatic N) is 1. The number of carbonyl (C=O) groups excluding carboxylic acids is 1. The predicted octanol–water partition coefficient (Wildman–Crippen LogP) is 3.67. The van der Waals surface area contributed by atoms with Crippen LogP contribution in [0.1, 0.15) is 24.4 Å². The highest BCUT2D eigenvalue weighted by atomic mass is 35.5. The monoisotopic (exact) mass is 358 g/mol. The molecule has 1 N–H and O–H groups in total. The molecule has 0 aliphatic carbocycles. The molecule has 1 unspecified atom stereocenters. The van der Waals surface area contributed by atoms with Crippen LogP contribution in [0.2, 0.25) is 5.02 Å². The smallest absolute Gasteiger partial charge is 0.258 e. The van der Waals surface area contributed by atoms with Gasteiger partial charge in [-0.2, -0.15) is 0 Å². The summed E-state index contributed by atoms with van der Waals surface area (Å²) in [5, 5.41) is 3.72. The number of amides is 1. The van der Waals surface area contributed by atoms with Crippen LogP contribution in [0.4, 0.5) is 0 Å². The lowest BCUT2D eigenvalue weighted by Gasteiger charge is -2.28. The summed E-state index contributed by atoms with van der Waals surface area (Å²) < 4.78 is 5.50. The zero-order chi connectivity index (χ0) is 17.5. The van der Waals surface area contributed by atoms with Gasteiger partial charge in [-0.05, 0) is 55.8 Å². The summed E-state index contributed by atoms with van der Waals surface area (Å²) in [5.74, 6) is 0.582. The second kappa shape index (κ2) is 8.88. The van der Waals surface area contributed by atoms with Crippen molar-refractivity contribution in [3.63, 3.8) is 0 Å². The summed E-state index contributed by atoms with van der Waals surface area (Å²) in [5.41, 5.74) is 1.14. The van der Waals surface area contributed by atoms with Crippen molar-refractivity contribution in [3.05, 3.63) is 65.2 Å². The van der Waals surface area contributed by atoms with E-state index >= 15 is 0 Å². The van der Waals surface area contributed by atoms with E-state index in [2.05, 4.69) is 16.3 Å². The average Bonchev–Trinajstić information content (AvgIpc) is 3.15. The molecule has 3 rings (SSSR count). The minimum Gasteiger partial charge on any atom is -0.484 e. The van der Waals surface area contributed by atoms with Crippen LogP contribution in [0.15, 0.2) is 54.6 Å². The molecular weight excluding hydrogens is 336 g/mol. The molecular formula is C20H23ClN2O2. The maximum absolute atomic E-state index is 12.2. The molecule has 0 saturated carbocycles. The highest BCUT2D eigenvalue weighted by Gasteiger charge is 2.24. The third-order valence-electron chi connectivity index (χ3n) is 4.42. The topological polar surface area (TPSA) is 41.6 Å². The van der Waals surface area contributed by atoms with Gasteiger partial charge in [0.1, 0.15) is 5.75 Å². The number of ether oxygens (including phenoxy) is 1. The quantitative estimate of drug-likeness (QED) is 0.821. The number of para-hydroxylation sites is 1. The molecule has 4 nitrogen and oxygen atoms in total. The first kappa shape index (κ1) is 17.8. The van der Waals surface area contributed by atoms with Crippen LogP contribution < -0.4 is 10.1 Å². The lowest BCUT2D eigenvalue weighted by atomic mass is 10.1. The molecule has 0 spiro atoms. The van der Waals surface area contributed by atoms with E-state index in [0.717, 1.165) is 23.7 Å². The Bertz CT molecular complexity index is 687. The van der Waals surface area contributed by atoms with Crippen molar-refractivity contribution < 1.29 is 9.53 Å². The van der Waals surface area contributed by atoms with Gasteiger partial charge in [0, 0.05) is 11.6 Å². The first-order chi connectivity index (χ1) is 12.2. The maximum atomic E-state index is 12.2. The van der Waals surface area contributed by atoms with Crippen LogP contribution in [0.25, 0.3) is 0 Å². The third-order valence-corrected chi connectivity index (χ3v) is 4.66. The summed E-state index contributed by atoms with van der Waals surface area (Å²) in [6.45, 7) is 2.67. The Morgan fingerprint density at radius 3 is 2.60 bits per heavy atom. The van der Waals surface area contributed by atoms with Crippen molar-refractivity contribution in [2.45, 2.75) is 18.9 Å². The van der Waals surface area contributed by atoms with Gasteiger partial charge < -0.3 is 10.1 Å². The Hall–Kier alpha value is -2.04. The fraction of sp³-hybridized carbons (Fsp3) is 0.350. The number of benzene rings is 2. The average molecular weight is 359 g/mol. The van der Waals surface area contributed by atoms with Gasteiger partial charge in [-0.1, -0.05) is 41.9 Å². The third kappa shape index (κ3) is 5.21. The number of hydrogen-bond donors (Lipinski definition) is 1. The fourth-order valence-electron chi connectivity index (χ4n) is 3.15. The summed E-state index contributed by atoms with van der Waals surface area (Å²) in [6.07, 6.45) is 2.39. The molecule has 2 aromatic rings. The van der Waals surface area contributed by atoms with Gasteiger partial charge in [0.15, 0.2) is 6.61 Å². The molecule has 0 bridgehead atoms. The van der Waals surface area contributed by atoms with Crippen molar-refractivity contribution in [3.8, 4) is 5.75 Å². The van der Waals surface area contributed by atoms with Crippen LogP contribution in [-0.4, -0.2) is 37.0 Å². The highest BCUT2D eigenvalue weighted by molar-refractivity contribution is 6.30. The van der Waals surface area contributed by atoms with Gasteiger partial charge in [-0.15, -0.1) is 0 Å². The molecule has 1 aliphatic rings. The first-order valence-corrected chi connectivity index (χ1v) is 9.04. The van der Waals surface area contributed by atoms with Gasteiger partial charge in [0.25, 0.3) is 5.91 Å². The Morgan fingerprint density at radius 2 is 1.88 bits per heavy atom. The highest BCUT2D eigenvalue weighted by Crippen LogP contribution is 2.26. The van der Waals surface area contributed by atoms with E-state index in [0.29, 0.717) is 12.3 Å². The van der Waals surface area contributed by atoms with E-state index in [4.69, 9.17) is 16.3 Å². The molecule has 1 aliphatic heterocycles. The standard InChI is InChI=1S/C20H23ClN2O2/c21-17-8-6-7-16(13-17)19(23-11-4-5-12-23)14-22-20(24)15-25-18-9-2-1-3-10-18/h1-3,6-10,13,19H,4-5,11-12,14-15H2,(H,22,24). The molecule has 1 saturated heterocycles. The van der Waals surface area contributed by atoms with Crippen LogP contribution >= 0.6 is 11.6 Å². The Kier molecular flexibility index (Phi) is 6.31. The molecule has 1 amide bonds. The number of rotatable bonds is 7. The van der Waals surface area contributed by atoms with Crippen LogP contribution in [-0.2, 0) is 4.79 Å². The zero-order valence-electron chi connectivity index (χ0n) is 14.2. The van der Waals surface area contributed by atoms with Gasteiger partial charge in [0.2, 0.25) is 0 Å². The van der Waals surface area contributed by atoms with E-state index in [1.807, 2.05) is 48.5 Å². The molecule has 1 heterocycles. The largest absolute Gasteiger partial charge is 0.484 e. The van der Waals surface area contributed by atoms with E-state index in [1.165, 1.54) is 12.8 Å². The van der Waals surface area contributed by atoms with E-state index in [1.54, 1.807) is 0 Å². The predicted molar refractivity (Wildman–Crippen MR) is 99.9 cm³/mol.